The smallest absolute Gasteiger partial charge is 0.251 e. The van der Waals surface area contributed by atoms with Crippen LogP contribution in [0.1, 0.15) is 48.0 Å². The molecule has 8 heteroatoms. The lowest BCUT2D eigenvalue weighted by molar-refractivity contribution is -0.645. The number of hydrogen-bond acceptors (Lipinski definition) is 6. The summed E-state index contributed by atoms with van der Waals surface area (Å²) in [6.07, 6.45) is 1.23. The van der Waals surface area contributed by atoms with Crippen LogP contribution in [0.4, 0.5) is 0 Å². The van der Waals surface area contributed by atoms with Gasteiger partial charge in [0, 0.05) is 43.3 Å². The van der Waals surface area contributed by atoms with Crippen LogP contribution in [0.3, 0.4) is 0 Å². The molecule has 4 aromatic rings. The van der Waals surface area contributed by atoms with Crippen molar-refractivity contribution in [2.45, 2.75) is 50.0 Å². The van der Waals surface area contributed by atoms with E-state index in [9.17, 15) is 15.1 Å². The second-order valence-electron chi connectivity index (χ2n) is 9.76. The Morgan fingerprint density at radius 1 is 0.950 bits per heavy atom. The molecule has 1 aromatic heterocycles. The maximum atomic E-state index is 12.2. The van der Waals surface area contributed by atoms with Gasteiger partial charge in [-0.25, -0.2) is 0 Å². The molecule has 3 unspecified atom stereocenters. The molecule has 1 saturated heterocycles. The van der Waals surface area contributed by atoms with E-state index in [-0.39, 0.29) is 24.7 Å². The summed E-state index contributed by atoms with van der Waals surface area (Å²) in [5, 5.41) is 25.1. The number of nitrogens with one attached hydrogen (secondary N) is 1. The fraction of sp³-hybridized carbons (Fsp3) is 0.250. The van der Waals surface area contributed by atoms with Crippen LogP contribution < -0.4 is 10.0 Å². The van der Waals surface area contributed by atoms with E-state index in [0.717, 1.165) is 38.1 Å². The van der Waals surface area contributed by atoms with Crippen molar-refractivity contribution in [3.8, 4) is 11.1 Å². The number of benzene rings is 3. The minimum absolute atomic E-state index is 0.00836. The average molecular weight is 557 g/mol. The van der Waals surface area contributed by atoms with Crippen LogP contribution in [0.5, 0.6) is 0 Å². The van der Waals surface area contributed by atoms with E-state index in [1.807, 2.05) is 78.9 Å². The first-order valence-corrected chi connectivity index (χ1v) is 14.2. The van der Waals surface area contributed by atoms with Crippen molar-refractivity contribution in [1.29, 1.82) is 0 Å². The van der Waals surface area contributed by atoms with E-state index in [4.69, 9.17) is 9.47 Å². The topological polar surface area (TPSA) is 94.7 Å². The molecule has 1 fully saturated rings. The van der Waals surface area contributed by atoms with Crippen LogP contribution in [0.15, 0.2) is 102 Å². The Bertz CT molecular complexity index is 1430. The van der Waals surface area contributed by atoms with Gasteiger partial charge in [0.15, 0.2) is 12.5 Å². The molecule has 0 bridgehead atoms. The largest absolute Gasteiger partial charge is 0.618 e. The lowest BCUT2D eigenvalue weighted by Crippen LogP contribution is -2.32. The van der Waals surface area contributed by atoms with Crippen LogP contribution >= 0.6 is 11.8 Å². The van der Waals surface area contributed by atoms with Gasteiger partial charge < -0.3 is 25.1 Å². The standard InChI is InChI=1S/C32H32N2O5S/c1-22(36)33-19-24-5-4-6-28(17-24)25-12-14-27(15-13-25)32-38-29(21-40-31-7-2-3-16-34(31)37)18-30(39-32)26-10-8-23(20-35)9-11-26/h2-17,29-30,32,35H,18-21H2,1H3,(H,33,36). The highest BCUT2D eigenvalue weighted by molar-refractivity contribution is 7.99. The number of rotatable bonds is 9. The first kappa shape index (κ1) is 27.9. The molecule has 2 N–H and O–H groups in total. The van der Waals surface area contributed by atoms with E-state index in [2.05, 4.69) is 11.4 Å². The number of pyridine rings is 1. The van der Waals surface area contributed by atoms with Gasteiger partial charge in [-0.2, -0.15) is 4.73 Å². The molecule has 5 rings (SSSR count). The minimum atomic E-state index is -0.572. The zero-order valence-corrected chi connectivity index (χ0v) is 23.1. The van der Waals surface area contributed by atoms with E-state index in [1.54, 1.807) is 6.07 Å². The van der Waals surface area contributed by atoms with Gasteiger partial charge >= 0.3 is 0 Å². The number of aliphatic hydroxyl groups is 1. The fourth-order valence-corrected chi connectivity index (χ4v) is 5.58. The zero-order valence-electron chi connectivity index (χ0n) is 22.2. The SMILES string of the molecule is CC(=O)NCc1cccc(-c2ccc(C3OC(CSc4cccc[n+]4[O-])CC(c4ccc(CO)cc4)O3)cc2)c1. The second-order valence-corrected chi connectivity index (χ2v) is 10.8. The number of thioether (sulfide) groups is 1. The predicted molar refractivity (Wildman–Crippen MR) is 154 cm³/mol. The maximum absolute atomic E-state index is 12.2. The average Bonchev–Trinajstić information content (AvgIpc) is 3.00. The Hall–Kier alpha value is -3.69. The van der Waals surface area contributed by atoms with Gasteiger partial charge in [0.05, 0.1) is 18.8 Å². The molecule has 0 aliphatic carbocycles. The monoisotopic (exact) mass is 556 g/mol. The summed E-state index contributed by atoms with van der Waals surface area (Å²) in [5.41, 5.74) is 5.92. The van der Waals surface area contributed by atoms with E-state index in [1.165, 1.54) is 24.9 Å². The predicted octanol–water partition coefficient (Wildman–Crippen LogP) is 5.45. The molecule has 7 nitrogen and oxygen atoms in total. The third kappa shape index (κ3) is 7.08. The van der Waals surface area contributed by atoms with Gasteiger partial charge in [0.2, 0.25) is 5.91 Å². The highest BCUT2D eigenvalue weighted by Gasteiger charge is 2.32. The maximum Gasteiger partial charge on any atom is 0.251 e. The Morgan fingerprint density at radius 3 is 2.45 bits per heavy atom. The van der Waals surface area contributed by atoms with Gasteiger partial charge in [0.25, 0.3) is 5.03 Å². The van der Waals surface area contributed by atoms with Gasteiger partial charge in [0.1, 0.15) is 0 Å². The second kappa shape index (κ2) is 13.1. The van der Waals surface area contributed by atoms with E-state index in [0.29, 0.717) is 23.7 Å². The Morgan fingerprint density at radius 2 is 1.73 bits per heavy atom. The van der Waals surface area contributed by atoms with Crippen molar-refractivity contribution in [2.24, 2.45) is 0 Å². The molecule has 40 heavy (non-hydrogen) atoms. The number of nitrogens with zero attached hydrogens (tertiary/aromatic N) is 1. The number of aromatic nitrogens is 1. The summed E-state index contributed by atoms with van der Waals surface area (Å²) in [5.74, 6) is 0.550. The summed E-state index contributed by atoms with van der Waals surface area (Å²) >= 11 is 1.47. The van der Waals surface area contributed by atoms with Crippen LogP contribution in [-0.2, 0) is 27.4 Å². The van der Waals surface area contributed by atoms with Crippen molar-refractivity contribution in [1.82, 2.24) is 5.32 Å². The molecule has 1 amide bonds. The molecule has 0 spiro atoms. The van der Waals surface area contributed by atoms with Crippen molar-refractivity contribution < 1.29 is 24.1 Å². The quantitative estimate of drug-likeness (QED) is 0.162. The fourth-order valence-electron chi connectivity index (χ4n) is 4.65. The van der Waals surface area contributed by atoms with Gasteiger partial charge in [-0.15, -0.1) is 0 Å². The van der Waals surface area contributed by atoms with E-state index < -0.39 is 6.29 Å². The number of carbonyl (C=O) groups is 1. The Labute approximate surface area is 238 Å². The number of amides is 1. The summed E-state index contributed by atoms with van der Waals surface area (Å²) < 4.78 is 13.7. The van der Waals surface area contributed by atoms with Crippen molar-refractivity contribution in [3.05, 3.63) is 125 Å². The molecule has 206 valence electrons. The van der Waals surface area contributed by atoms with Crippen LogP contribution in [-0.4, -0.2) is 22.9 Å². The van der Waals surface area contributed by atoms with Crippen molar-refractivity contribution in [2.75, 3.05) is 5.75 Å². The highest BCUT2D eigenvalue weighted by atomic mass is 32.2. The number of ether oxygens (including phenoxy) is 2. The molecule has 3 aromatic carbocycles. The molecule has 0 saturated carbocycles. The third-order valence-corrected chi connectivity index (χ3v) is 7.96. The summed E-state index contributed by atoms with van der Waals surface area (Å²) in [6.45, 7) is 1.99. The summed E-state index contributed by atoms with van der Waals surface area (Å²) in [6, 6.07) is 29.4. The zero-order chi connectivity index (χ0) is 27.9. The van der Waals surface area contributed by atoms with Crippen molar-refractivity contribution >= 4 is 17.7 Å². The first-order chi connectivity index (χ1) is 19.5. The molecule has 0 radical (unpaired) electrons. The number of aliphatic hydroxyl groups excluding tert-OH is 1. The van der Waals surface area contributed by atoms with Crippen molar-refractivity contribution in [3.63, 3.8) is 0 Å². The first-order valence-electron chi connectivity index (χ1n) is 13.2. The number of hydrogen-bond donors (Lipinski definition) is 2. The van der Waals surface area contributed by atoms with Gasteiger partial charge in [-0.05, 0) is 39.9 Å². The molecule has 2 heterocycles. The molecule has 1 aliphatic heterocycles. The molecule has 3 atom stereocenters. The Balaban J connectivity index is 1.34. The van der Waals surface area contributed by atoms with Crippen LogP contribution in [0, 0.1) is 5.21 Å². The van der Waals surface area contributed by atoms with Crippen LogP contribution in [0.2, 0.25) is 0 Å². The van der Waals surface area contributed by atoms with E-state index >= 15 is 0 Å². The van der Waals surface area contributed by atoms with Gasteiger partial charge in [-0.1, -0.05) is 78.5 Å². The minimum Gasteiger partial charge on any atom is -0.618 e. The molecular weight excluding hydrogens is 524 g/mol. The number of carbonyl (C=O) groups excluding carboxylic acids is 1. The highest BCUT2D eigenvalue weighted by Crippen LogP contribution is 2.39. The van der Waals surface area contributed by atoms with Gasteiger partial charge in [-0.3, -0.25) is 4.79 Å². The third-order valence-electron chi connectivity index (χ3n) is 6.81. The lowest BCUT2D eigenvalue weighted by Gasteiger charge is -2.36. The molecular formula is C32H32N2O5S. The summed E-state index contributed by atoms with van der Waals surface area (Å²) in [4.78, 5) is 11.3. The Kier molecular flexibility index (Phi) is 9.13. The summed E-state index contributed by atoms with van der Waals surface area (Å²) in [7, 11) is 0. The molecule has 1 aliphatic rings. The normalized spacial score (nSPS) is 18.8. The van der Waals surface area contributed by atoms with Crippen LogP contribution in [0.25, 0.3) is 11.1 Å². The lowest BCUT2D eigenvalue weighted by atomic mass is 9.99.